The Kier molecular flexibility index (Phi) is 11.3. The van der Waals surface area contributed by atoms with Crippen LogP contribution in [0.4, 0.5) is 23.7 Å². The summed E-state index contributed by atoms with van der Waals surface area (Å²) >= 11 is 0. The van der Waals surface area contributed by atoms with Gasteiger partial charge in [-0.15, -0.1) is 6.42 Å². The SMILES string of the molecule is C#CCN(C(=O)OC)c1ccccc1/C=N/N=C(CC)/C(=N\OCC)c1ccc(Oc2ccc(C(F)(F)F)cc2)cc1. The molecule has 0 atom stereocenters. The Hall–Kier alpha value is -5.11. The molecule has 0 aromatic heterocycles. The van der Waals surface area contributed by atoms with Gasteiger partial charge in [0, 0.05) is 11.1 Å². The molecule has 11 heteroatoms. The van der Waals surface area contributed by atoms with Gasteiger partial charge in [-0.05, 0) is 67.9 Å². The number of carbonyl (C=O) groups excluding carboxylic acids is 1. The molecule has 3 aromatic rings. The largest absolute Gasteiger partial charge is 0.457 e. The van der Waals surface area contributed by atoms with E-state index in [0.717, 1.165) is 12.1 Å². The fraction of sp³-hybridized carbons (Fsp3) is 0.226. The van der Waals surface area contributed by atoms with Crippen molar-refractivity contribution < 1.29 is 32.3 Å². The average Bonchev–Trinajstić information content (AvgIpc) is 2.99. The van der Waals surface area contributed by atoms with Crippen LogP contribution in [0.5, 0.6) is 11.5 Å². The van der Waals surface area contributed by atoms with Gasteiger partial charge in [0.25, 0.3) is 0 Å². The molecule has 0 fully saturated rings. The van der Waals surface area contributed by atoms with Crippen molar-refractivity contribution >= 4 is 29.4 Å². The lowest BCUT2D eigenvalue weighted by Crippen LogP contribution is -2.31. The van der Waals surface area contributed by atoms with Gasteiger partial charge in [-0.3, -0.25) is 4.90 Å². The average molecular weight is 579 g/mol. The zero-order chi connectivity index (χ0) is 30.5. The first kappa shape index (κ1) is 31.4. The third kappa shape index (κ3) is 8.44. The Morgan fingerprint density at radius 1 is 1.00 bits per heavy atom. The number of benzene rings is 3. The van der Waals surface area contributed by atoms with Gasteiger partial charge in [-0.1, -0.05) is 36.2 Å². The topological polar surface area (TPSA) is 85.1 Å². The number of rotatable bonds is 11. The lowest BCUT2D eigenvalue weighted by molar-refractivity contribution is -0.137. The van der Waals surface area contributed by atoms with Crippen LogP contribution < -0.4 is 9.64 Å². The minimum atomic E-state index is -4.42. The molecule has 0 aliphatic rings. The Bertz CT molecular complexity index is 1480. The van der Waals surface area contributed by atoms with Crippen molar-refractivity contribution in [1.29, 1.82) is 0 Å². The van der Waals surface area contributed by atoms with Crippen LogP contribution in [-0.4, -0.2) is 44.0 Å². The summed E-state index contributed by atoms with van der Waals surface area (Å²) in [4.78, 5) is 18.9. The second-order valence-corrected chi connectivity index (χ2v) is 8.47. The fourth-order valence-electron chi connectivity index (χ4n) is 3.67. The summed E-state index contributed by atoms with van der Waals surface area (Å²) in [6.07, 6.45) is 2.36. The van der Waals surface area contributed by atoms with E-state index < -0.39 is 17.8 Å². The van der Waals surface area contributed by atoms with Crippen LogP contribution in [0.3, 0.4) is 0 Å². The first-order chi connectivity index (χ1) is 20.2. The van der Waals surface area contributed by atoms with Crippen LogP contribution in [0.15, 0.2) is 88.2 Å². The van der Waals surface area contributed by atoms with Crippen molar-refractivity contribution in [1.82, 2.24) is 0 Å². The summed E-state index contributed by atoms with van der Waals surface area (Å²) in [5.74, 6) is 3.12. The van der Waals surface area contributed by atoms with Crippen molar-refractivity contribution in [2.45, 2.75) is 26.4 Å². The highest BCUT2D eigenvalue weighted by atomic mass is 19.4. The Balaban J connectivity index is 1.85. The molecule has 0 radical (unpaired) electrons. The van der Waals surface area contributed by atoms with Crippen molar-refractivity contribution in [3.63, 3.8) is 0 Å². The minimum Gasteiger partial charge on any atom is -0.457 e. The maximum atomic E-state index is 12.8. The van der Waals surface area contributed by atoms with Crippen LogP contribution >= 0.6 is 0 Å². The number of hydrogen-bond acceptors (Lipinski definition) is 7. The molecule has 0 aliphatic heterocycles. The van der Waals surface area contributed by atoms with Crippen LogP contribution in [0.2, 0.25) is 0 Å². The van der Waals surface area contributed by atoms with Gasteiger partial charge in [-0.25, -0.2) is 4.79 Å². The van der Waals surface area contributed by atoms with E-state index in [1.807, 2.05) is 6.92 Å². The van der Waals surface area contributed by atoms with E-state index in [0.29, 0.717) is 47.0 Å². The Morgan fingerprint density at radius 2 is 1.64 bits per heavy atom. The number of oxime groups is 1. The molecule has 1 amide bonds. The normalized spacial score (nSPS) is 12.1. The van der Waals surface area contributed by atoms with Crippen molar-refractivity contribution in [2.24, 2.45) is 15.4 Å². The smallest absolute Gasteiger partial charge is 0.416 e. The molecular weight excluding hydrogens is 549 g/mol. The molecule has 42 heavy (non-hydrogen) atoms. The number of nitrogens with zero attached hydrogens (tertiary/aromatic N) is 4. The number of methoxy groups -OCH3 is 1. The number of carbonyl (C=O) groups is 1. The van der Waals surface area contributed by atoms with Gasteiger partial charge in [-0.2, -0.15) is 23.4 Å². The number of hydrogen-bond donors (Lipinski definition) is 0. The standard InChI is InChI=1S/C31H29F3N4O4/c1-5-20-38(30(39)40-4)28-11-9-8-10-23(28)21-35-36-27(6-2)29(37-41-7-3)22-12-16-25(17-13-22)42-26-18-14-24(15-19-26)31(32,33)34/h1,8-19,21H,6-7,20H2,2-4H3/b35-21+,36-27+,37-29-. The molecular formula is C31H29F3N4O4. The highest BCUT2D eigenvalue weighted by molar-refractivity contribution is 6.48. The van der Waals surface area contributed by atoms with Crippen LogP contribution in [0, 0.1) is 12.3 Å². The molecule has 0 saturated heterocycles. The third-order valence-corrected chi connectivity index (χ3v) is 5.69. The highest BCUT2D eigenvalue weighted by Crippen LogP contribution is 2.31. The zero-order valence-corrected chi connectivity index (χ0v) is 23.3. The predicted molar refractivity (Wildman–Crippen MR) is 156 cm³/mol. The monoisotopic (exact) mass is 578 g/mol. The van der Waals surface area contributed by atoms with E-state index in [1.54, 1.807) is 55.5 Å². The summed E-state index contributed by atoms with van der Waals surface area (Å²) in [5, 5.41) is 12.9. The molecule has 0 saturated carbocycles. The molecule has 0 N–H and O–H groups in total. The van der Waals surface area contributed by atoms with Crippen molar-refractivity contribution in [2.75, 3.05) is 25.2 Å². The predicted octanol–water partition coefficient (Wildman–Crippen LogP) is 7.33. The molecule has 8 nitrogen and oxygen atoms in total. The van der Waals surface area contributed by atoms with Gasteiger partial charge >= 0.3 is 12.3 Å². The van der Waals surface area contributed by atoms with Gasteiger partial charge in [0.05, 0.1) is 36.8 Å². The van der Waals surface area contributed by atoms with Gasteiger partial charge < -0.3 is 14.3 Å². The quantitative estimate of drug-likeness (QED) is 0.135. The summed E-state index contributed by atoms with van der Waals surface area (Å²) in [6, 6.07) is 18.2. The maximum absolute atomic E-state index is 12.8. The summed E-state index contributed by atoms with van der Waals surface area (Å²) < 4.78 is 49.0. The number of anilines is 1. The molecule has 0 spiro atoms. The molecule has 3 aromatic carbocycles. The fourth-order valence-corrected chi connectivity index (χ4v) is 3.67. The van der Waals surface area contributed by atoms with Gasteiger partial charge in [0.1, 0.15) is 23.8 Å². The van der Waals surface area contributed by atoms with Gasteiger partial charge in [0.2, 0.25) is 0 Å². The molecule has 3 rings (SSSR count). The van der Waals surface area contributed by atoms with Crippen LogP contribution in [-0.2, 0) is 15.8 Å². The second kappa shape index (κ2) is 15.0. The molecule has 218 valence electrons. The second-order valence-electron chi connectivity index (χ2n) is 8.47. The first-order valence-electron chi connectivity index (χ1n) is 12.9. The molecule has 0 aliphatic carbocycles. The zero-order valence-electron chi connectivity index (χ0n) is 23.3. The van der Waals surface area contributed by atoms with Crippen LogP contribution in [0.1, 0.15) is 37.0 Å². The van der Waals surface area contributed by atoms with Crippen molar-refractivity contribution in [3.8, 4) is 23.8 Å². The number of ether oxygens (including phenoxy) is 2. The molecule has 0 bridgehead atoms. The van der Waals surface area contributed by atoms with E-state index in [-0.39, 0.29) is 12.3 Å². The van der Waals surface area contributed by atoms with E-state index >= 15 is 0 Å². The van der Waals surface area contributed by atoms with E-state index in [1.165, 1.54) is 30.4 Å². The van der Waals surface area contributed by atoms with Gasteiger partial charge in [0.15, 0.2) is 0 Å². The lowest BCUT2D eigenvalue weighted by atomic mass is 10.0. The Morgan fingerprint density at radius 3 is 2.21 bits per heavy atom. The molecule has 0 heterocycles. The molecule has 0 unspecified atom stereocenters. The third-order valence-electron chi connectivity index (χ3n) is 5.69. The number of terminal acetylenes is 1. The summed E-state index contributed by atoms with van der Waals surface area (Å²) in [5.41, 5.74) is 1.95. The Labute approximate surface area is 242 Å². The summed E-state index contributed by atoms with van der Waals surface area (Å²) in [6.45, 7) is 4.01. The highest BCUT2D eigenvalue weighted by Gasteiger charge is 2.30. The first-order valence-corrected chi connectivity index (χ1v) is 12.9. The van der Waals surface area contributed by atoms with E-state index in [9.17, 15) is 18.0 Å². The number of para-hydroxylation sites is 1. The van der Waals surface area contributed by atoms with Crippen molar-refractivity contribution in [3.05, 3.63) is 89.5 Å². The maximum Gasteiger partial charge on any atom is 0.416 e. The van der Waals surface area contributed by atoms with Crippen LogP contribution in [0.25, 0.3) is 0 Å². The lowest BCUT2D eigenvalue weighted by Gasteiger charge is -2.20. The minimum absolute atomic E-state index is 0.00471. The number of halogens is 3. The number of alkyl halides is 3. The van der Waals surface area contributed by atoms with E-state index in [2.05, 4.69) is 21.3 Å². The number of amides is 1. The van der Waals surface area contributed by atoms with E-state index in [4.69, 9.17) is 20.7 Å². The summed E-state index contributed by atoms with van der Waals surface area (Å²) in [7, 11) is 1.27.